The van der Waals surface area contributed by atoms with E-state index in [2.05, 4.69) is 15.9 Å². The minimum Gasteiger partial charge on any atom is -0.486 e. The number of benzene rings is 2. The van der Waals surface area contributed by atoms with Gasteiger partial charge in [-0.2, -0.15) is 13.2 Å². The fourth-order valence-electron chi connectivity index (χ4n) is 3.24. The SMILES string of the molecule is CC(C)(CC1CN(S(=O)(=O)c2cccc(C(F)(F)F)c2)c2cc(Br)ccc2O1)C(=O)O. The van der Waals surface area contributed by atoms with E-state index in [0.717, 1.165) is 22.5 Å². The quantitative estimate of drug-likeness (QED) is 0.603. The van der Waals surface area contributed by atoms with E-state index in [0.29, 0.717) is 10.5 Å². The van der Waals surface area contributed by atoms with Gasteiger partial charge in [0.2, 0.25) is 0 Å². The molecule has 0 saturated carbocycles. The first kappa shape index (κ1) is 23.4. The number of anilines is 1. The number of fused-ring (bicyclic) bond motifs is 1. The summed E-state index contributed by atoms with van der Waals surface area (Å²) >= 11 is 3.26. The van der Waals surface area contributed by atoms with Gasteiger partial charge < -0.3 is 9.84 Å². The van der Waals surface area contributed by atoms with Gasteiger partial charge in [0, 0.05) is 10.9 Å². The van der Waals surface area contributed by atoms with Crippen LogP contribution in [0.1, 0.15) is 25.8 Å². The van der Waals surface area contributed by atoms with Crippen LogP contribution >= 0.6 is 15.9 Å². The summed E-state index contributed by atoms with van der Waals surface area (Å²) in [6, 6.07) is 8.13. The molecule has 0 saturated heterocycles. The number of carboxylic acids is 1. The summed E-state index contributed by atoms with van der Waals surface area (Å²) in [5, 5.41) is 9.41. The zero-order valence-corrected chi connectivity index (χ0v) is 18.9. The molecule has 0 bridgehead atoms. The monoisotopic (exact) mass is 521 g/mol. The molecule has 0 aromatic heterocycles. The summed E-state index contributed by atoms with van der Waals surface area (Å²) in [5.41, 5.74) is -2.14. The maximum Gasteiger partial charge on any atom is 0.416 e. The Morgan fingerprint density at radius 3 is 2.52 bits per heavy atom. The fraction of sp³-hybridized carbons (Fsp3) is 0.350. The second-order valence-corrected chi connectivity index (χ2v) is 10.6. The van der Waals surface area contributed by atoms with Crippen molar-refractivity contribution in [2.24, 2.45) is 5.41 Å². The van der Waals surface area contributed by atoms with E-state index in [4.69, 9.17) is 4.74 Å². The van der Waals surface area contributed by atoms with Gasteiger partial charge in [-0.05, 0) is 50.2 Å². The van der Waals surface area contributed by atoms with Crippen molar-refractivity contribution in [3.05, 3.63) is 52.5 Å². The number of nitrogens with zero attached hydrogens (tertiary/aromatic N) is 1. The Kier molecular flexibility index (Phi) is 6.05. The lowest BCUT2D eigenvalue weighted by Crippen LogP contribution is -2.46. The Labute approximate surface area is 185 Å². The Morgan fingerprint density at radius 1 is 1.23 bits per heavy atom. The van der Waals surface area contributed by atoms with Crippen molar-refractivity contribution in [3.8, 4) is 5.75 Å². The number of ether oxygens (including phenoxy) is 1. The zero-order valence-electron chi connectivity index (χ0n) is 16.5. The summed E-state index contributed by atoms with van der Waals surface area (Å²) in [7, 11) is -4.40. The van der Waals surface area contributed by atoms with Gasteiger partial charge in [-0.25, -0.2) is 8.42 Å². The third kappa shape index (κ3) is 4.82. The molecule has 2 aromatic carbocycles. The number of carbonyl (C=O) groups is 1. The molecule has 0 spiro atoms. The van der Waals surface area contributed by atoms with Crippen molar-refractivity contribution in [2.75, 3.05) is 10.8 Å². The molecule has 1 aliphatic rings. The normalized spacial score (nSPS) is 17.1. The molecule has 0 fully saturated rings. The van der Waals surface area contributed by atoms with Crippen LogP contribution in [0.3, 0.4) is 0 Å². The van der Waals surface area contributed by atoms with Gasteiger partial charge in [0.1, 0.15) is 11.9 Å². The third-order valence-electron chi connectivity index (χ3n) is 4.92. The van der Waals surface area contributed by atoms with Crippen LogP contribution < -0.4 is 9.04 Å². The molecule has 168 valence electrons. The maximum absolute atomic E-state index is 13.4. The molecule has 3 rings (SSSR count). The number of halogens is 4. The summed E-state index contributed by atoms with van der Waals surface area (Å²) in [6.45, 7) is 2.72. The molecular formula is C20H19BrF3NO5S. The van der Waals surface area contributed by atoms with E-state index < -0.39 is 44.1 Å². The minimum atomic E-state index is -4.70. The summed E-state index contributed by atoms with van der Waals surface area (Å²) in [4.78, 5) is 11.0. The average Bonchev–Trinajstić information content (AvgIpc) is 2.66. The van der Waals surface area contributed by atoms with E-state index in [1.54, 1.807) is 6.07 Å². The Bertz CT molecular complexity index is 1120. The first-order valence-corrected chi connectivity index (χ1v) is 11.3. The number of sulfonamides is 1. The predicted molar refractivity (Wildman–Crippen MR) is 111 cm³/mol. The van der Waals surface area contributed by atoms with Crippen LogP contribution in [0.2, 0.25) is 0 Å². The second kappa shape index (κ2) is 8.01. The van der Waals surface area contributed by atoms with Gasteiger partial charge in [0.15, 0.2) is 0 Å². The number of hydrogen-bond donors (Lipinski definition) is 1. The van der Waals surface area contributed by atoms with E-state index in [-0.39, 0.29) is 24.4 Å². The molecule has 1 N–H and O–H groups in total. The molecule has 1 atom stereocenters. The highest BCUT2D eigenvalue weighted by Crippen LogP contribution is 2.41. The lowest BCUT2D eigenvalue weighted by Gasteiger charge is -2.37. The summed E-state index contributed by atoms with van der Waals surface area (Å²) in [6.07, 6.45) is -5.53. The highest BCUT2D eigenvalue weighted by molar-refractivity contribution is 9.10. The van der Waals surface area contributed by atoms with Crippen LogP contribution in [-0.4, -0.2) is 32.1 Å². The largest absolute Gasteiger partial charge is 0.486 e. The number of hydrogen-bond acceptors (Lipinski definition) is 4. The fourth-order valence-corrected chi connectivity index (χ4v) is 5.13. The van der Waals surface area contributed by atoms with Crippen molar-refractivity contribution in [2.45, 2.75) is 37.4 Å². The van der Waals surface area contributed by atoms with Crippen LogP contribution in [-0.2, 0) is 21.0 Å². The van der Waals surface area contributed by atoms with Crippen LogP contribution in [0.15, 0.2) is 51.8 Å². The molecule has 1 unspecified atom stereocenters. The lowest BCUT2D eigenvalue weighted by molar-refractivity contribution is -0.148. The van der Waals surface area contributed by atoms with Crippen molar-refractivity contribution < 1.29 is 36.2 Å². The van der Waals surface area contributed by atoms with Gasteiger partial charge in [-0.1, -0.05) is 22.0 Å². The highest BCUT2D eigenvalue weighted by atomic mass is 79.9. The van der Waals surface area contributed by atoms with Crippen LogP contribution in [0.25, 0.3) is 0 Å². The van der Waals surface area contributed by atoms with Gasteiger partial charge in [0.05, 0.1) is 28.1 Å². The average molecular weight is 522 g/mol. The van der Waals surface area contributed by atoms with Gasteiger partial charge in [-0.3, -0.25) is 9.10 Å². The predicted octanol–water partition coefficient (Wildman–Crippen LogP) is 4.93. The highest BCUT2D eigenvalue weighted by Gasteiger charge is 2.40. The lowest BCUT2D eigenvalue weighted by atomic mass is 9.86. The van der Waals surface area contributed by atoms with Crippen molar-refractivity contribution >= 4 is 37.6 Å². The summed E-state index contributed by atoms with van der Waals surface area (Å²) < 4.78 is 73.4. The molecule has 0 radical (unpaired) electrons. The Balaban J connectivity index is 2.07. The number of aliphatic carboxylic acids is 1. The number of alkyl halides is 3. The minimum absolute atomic E-state index is 0.00749. The van der Waals surface area contributed by atoms with E-state index in [9.17, 15) is 31.5 Å². The first-order valence-electron chi connectivity index (χ1n) is 9.11. The molecule has 31 heavy (non-hydrogen) atoms. The van der Waals surface area contributed by atoms with Crippen LogP contribution in [0.4, 0.5) is 18.9 Å². The zero-order chi connectivity index (χ0) is 23.2. The Hall–Kier alpha value is -2.27. The van der Waals surface area contributed by atoms with Gasteiger partial charge in [-0.15, -0.1) is 0 Å². The molecule has 2 aromatic rings. The molecule has 1 heterocycles. The van der Waals surface area contributed by atoms with Crippen molar-refractivity contribution in [1.29, 1.82) is 0 Å². The first-order chi connectivity index (χ1) is 14.2. The maximum atomic E-state index is 13.4. The molecule has 0 aliphatic carbocycles. The van der Waals surface area contributed by atoms with Crippen LogP contribution in [0.5, 0.6) is 5.75 Å². The Morgan fingerprint density at radius 2 is 1.90 bits per heavy atom. The number of carboxylic acid groups (broad SMARTS) is 1. The van der Waals surface area contributed by atoms with Gasteiger partial charge >= 0.3 is 12.1 Å². The van der Waals surface area contributed by atoms with E-state index >= 15 is 0 Å². The van der Waals surface area contributed by atoms with Crippen molar-refractivity contribution in [3.63, 3.8) is 0 Å². The van der Waals surface area contributed by atoms with E-state index in [1.807, 2.05) is 0 Å². The molecule has 11 heteroatoms. The standard InChI is InChI=1S/C20H19BrF3NO5S/c1-19(2,18(26)27)10-14-11-25(16-9-13(21)6-7-17(16)30-14)31(28,29)15-5-3-4-12(8-15)20(22,23)24/h3-9,14H,10-11H2,1-2H3,(H,26,27). The smallest absolute Gasteiger partial charge is 0.416 e. The second-order valence-electron chi connectivity index (χ2n) is 7.81. The third-order valence-corrected chi connectivity index (χ3v) is 7.19. The molecular weight excluding hydrogens is 503 g/mol. The van der Waals surface area contributed by atoms with Crippen LogP contribution in [0, 0.1) is 5.41 Å². The van der Waals surface area contributed by atoms with E-state index in [1.165, 1.54) is 26.0 Å². The topological polar surface area (TPSA) is 83.9 Å². The molecule has 0 amide bonds. The number of rotatable bonds is 5. The molecule has 6 nitrogen and oxygen atoms in total. The summed E-state index contributed by atoms with van der Waals surface area (Å²) in [5.74, 6) is -0.888. The molecule has 1 aliphatic heterocycles. The van der Waals surface area contributed by atoms with Crippen molar-refractivity contribution in [1.82, 2.24) is 0 Å². The van der Waals surface area contributed by atoms with Gasteiger partial charge in [0.25, 0.3) is 10.0 Å².